The van der Waals surface area contributed by atoms with Crippen molar-refractivity contribution in [3.05, 3.63) is 52.6 Å². The van der Waals surface area contributed by atoms with Crippen LogP contribution in [0.15, 0.2) is 41.5 Å². The molecule has 0 saturated heterocycles. The Morgan fingerprint density at radius 2 is 2.04 bits per heavy atom. The van der Waals surface area contributed by atoms with Crippen LogP contribution in [0.5, 0.6) is 5.88 Å². The van der Waals surface area contributed by atoms with Gasteiger partial charge in [-0.2, -0.15) is 18.2 Å². The summed E-state index contributed by atoms with van der Waals surface area (Å²) in [6, 6.07) is 4.57. The first-order chi connectivity index (χ1) is 11.3. The Balaban J connectivity index is 2.46. The van der Waals surface area contributed by atoms with Gasteiger partial charge in [0.25, 0.3) is 5.56 Å². The molecule has 3 heterocycles. The lowest BCUT2D eigenvalue weighted by molar-refractivity contribution is -0.137. The fourth-order valence-electron chi connectivity index (χ4n) is 2.39. The summed E-state index contributed by atoms with van der Waals surface area (Å²) in [7, 11) is 1.49. The Hall–Kier alpha value is -3.10. The Labute approximate surface area is 133 Å². The summed E-state index contributed by atoms with van der Waals surface area (Å²) in [5.74, 6) is -0.385. The lowest BCUT2D eigenvalue weighted by Crippen LogP contribution is -2.18. The largest absolute Gasteiger partial charge is 0.493 e. The number of aromatic hydroxyl groups is 1. The first-order valence-electron chi connectivity index (χ1n) is 6.78. The van der Waals surface area contributed by atoms with Crippen LogP contribution < -0.4 is 10.9 Å². The van der Waals surface area contributed by atoms with Crippen molar-refractivity contribution in [2.45, 2.75) is 6.18 Å². The van der Waals surface area contributed by atoms with E-state index in [1.807, 2.05) is 0 Å². The summed E-state index contributed by atoms with van der Waals surface area (Å²) in [5.41, 5.74) is -1.89. The fourth-order valence-corrected chi connectivity index (χ4v) is 2.39. The van der Waals surface area contributed by atoms with Gasteiger partial charge < -0.3 is 10.4 Å². The zero-order chi connectivity index (χ0) is 17.5. The van der Waals surface area contributed by atoms with Gasteiger partial charge in [0.2, 0.25) is 11.8 Å². The third-order valence-electron chi connectivity index (χ3n) is 3.47. The Bertz CT molecular complexity index is 983. The summed E-state index contributed by atoms with van der Waals surface area (Å²) in [6.45, 7) is 0. The molecule has 0 saturated carbocycles. The van der Waals surface area contributed by atoms with E-state index >= 15 is 0 Å². The molecular formula is C15H11F3N4O2. The number of hydrogen-bond donors (Lipinski definition) is 2. The quantitative estimate of drug-likeness (QED) is 0.752. The molecule has 0 aromatic carbocycles. The molecule has 3 aromatic rings. The van der Waals surface area contributed by atoms with Gasteiger partial charge in [0, 0.05) is 19.4 Å². The van der Waals surface area contributed by atoms with Crippen molar-refractivity contribution in [1.82, 2.24) is 14.4 Å². The molecule has 0 fully saturated rings. The first-order valence-corrected chi connectivity index (χ1v) is 6.78. The Morgan fingerprint density at radius 3 is 2.67 bits per heavy atom. The number of nitrogens with zero attached hydrogens (tertiary/aromatic N) is 3. The number of anilines is 1. The molecule has 124 valence electrons. The number of nitrogens with one attached hydrogen (secondary N) is 1. The highest BCUT2D eigenvalue weighted by Crippen LogP contribution is 2.33. The number of pyridine rings is 2. The van der Waals surface area contributed by atoms with Gasteiger partial charge in [0.15, 0.2) is 0 Å². The van der Waals surface area contributed by atoms with E-state index in [0.29, 0.717) is 0 Å². The maximum Gasteiger partial charge on any atom is 0.416 e. The molecule has 0 aliphatic rings. The normalized spacial score (nSPS) is 11.7. The van der Waals surface area contributed by atoms with E-state index in [2.05, 4.69) is 15.3 Å². The van der Waals surface area contributed by atoms with E-state index in [-0.39, 0.29) is 22.6 Å². The van der Waals surface area contributed by atoms with E-state index in [1.54, 1.807) is 0 Å². The van der Waals surface area contributed by atoms with Gasteiger partial charge in [-0.3, -0.25) is 9.20 Å². The van der Waals surface area contributed by atoms with Gasteiger partial charge in [0.1, 0.15) is 0 Å². The number of hydrogen-bond acceptors (Lipinski definition) is 5. The van der Waals surface area contributed by atoms with Crippen molar-refractivity contribution < 1.29 is 18.3 Å². The van der Waals surface area contributed by atoms with Crippen molar-refractivity contribution >= 4 is 11.5 Å². The molecule has 0 bridgehead atoms. The number of alkyl halides is 3. The predicted octanol–water partition coefficient (Wildman–Crippen LogP) is 2.52. The molecule has 0 amide bonds. The average molecular weight is 336 g/mol. The minimum Gasteiger partial charge on any atom is -0.493 e. The summed E-state index contributed by atoms with van der Waals surface area (Å²) < 4.78 is 40.4. The van der Waals surface area contributed by atoms with Gasteiger partial charge in [-0.15, -0.1) is 0 Å². The van der Waals surface area contributed by atoms with Gasteiger partial charge in [-0.05, 0) is 24.3 Å². The minimum absolute atomic E-state index is 0.00878. The number of fused-ring (bicyclic) bond motifs is 1. The lowest BCUT2D eigenvalue weighted by atomic mass is 10.1. The molecule has 24 heavy (non-hydrogen) atoms. The molecule has 0 spiro atoms. The highest BCUT2D eigenvalue weighted by atomic mass is 19.4. The van der Waals surface area contributed by atoms with Gasteiger partial charge >= 0.3 is 6.18 Å². The molecule has 0 radical (unpaired) electrons. The Morgan fingerprint density at radius 1 is 1.29 bits per heavy atom. The molecule has 2 N–H and O–H groups in total. The van der Waals surface area contributed by atoms with E-state index in [9.17, 15) is 23.1 Å². The second-order valence-corrected chi connectivity index (χ2v) is 4.91. The van der Waals surface area contributed by atoms with Crippen molar-refractivity contribution in [3.63, 3.8) is 0 Å². The maximum atomic E-state index is 13.0. The second kappa shape index (κ2) is 5.52. The van der Waals surface area contributed by atoms with Crippen molar-refractivity contribution in [1.29, 1.82) is 0 Å². The average Bonchev–Trinajstić information content (AvgIpc) is 2.54. The zero-order valence-electron chi connectivity index (χ0n) is 12.3. The lowest BCUT2D eigenvalue weighted by Gasteiger charge is -2.14. The number of halogens is 3. The SMILES string of the molecule is CNc1nc(=O)c(-c2cccnc2O)c2cc(C(F)(F)F)ccn12. The number of aromatic nitrogens is 3. The highest BCUT2D eigenvalue weighted by molar-refractivity contribution is 5.83. The molecular weight excluding hydrogens is 325 g/mol. The topological polar surface area (TPSA) is 79.5 Å². The van der Waals surface area contributed by atoms with Crippen molar-refractivity contribution in [2.24, 2.45) is 0 Å². The minimum atomic E-state index is -4.57. The smallest absolute Gasteiger partial charge is 0.416 e. The standard InChI is InChI=1S/C15H11F3N4O2/c1-19-14-21-13(24)11(9-3-2-5-20-12(9)23)10-7-8(15(16,17)18)4-6-22(10)14/h2-7H,1H3,(H,20,23)(H,19,21,24). The molecule has 0 aliphatic heterocycles. The van der Waals surface area contributed by atoms with Crippen LogP contribution in [-0.4, -0.2) is 26.5 Å². The first kappa shape index (κ1) is 15.8. The van der Waals surface area contributed by atoms with Crippen LogP contribution in [0.4, 0.5) is 19.1 Å². The third kappa shape index (κ3) is 2.53. The molecule has 0 aliphatic carbocycles. The summed E-state index contributed by atoms with van der Waals surface area (Å²) in [5, 5.41) is 12.5. The second-order valence-electron chi connectivity index (χ2n) is 4.91. The fraction of sp³-hybridized carbons (Fsp3) is 0.133. The van der Waals surface area contributed by atoms with Gasteiger partial charge in [-0.25, -0.2) is 4.98 Å². The zero-order valence-corrected chi connectivity index (χ0v) is 12.3. The van der Waals surface area contributed by atoms with Gasteiger partial charge in [0.05, 0.1) is 22.2 Å². The molecule has 0 atom stereocenters. The molecule has 9 heteroatoms. The van der Waals surface area contributed by atoms with E-state index in [1.165, 1.54) is 29.8 Å². The maximum absolute atomic E-state index is 13.0. The molecule has 3 aromatic heterocycles. The third-order valence-corrected chi connectivity index (χ3v) is 3.47. The van der Waals surface area contributed by atoms with E-state index in [0.717, 1.165) is 18.3 Å². The highest BCUT2D eigenvalue weighted by Gasteiger charge is 2.31. The van der Waals surface area contributed by atoms with Crippen LogP contribution in [-0.2, 0) is 6.18 Å². The van der Waals surface area contributed by atoms with Crippen LogP contribution >= 0.6 is 0 Å². The van der Waals surface area contributed by atoms with Crippen molar-refractivity contribution in [2.75, 3.05) is 12.4 Å². The summed E-state index contributed by atoms with van der Waals surface area (Å²) in [4.78, 5) is 19.8. The van der Waals surface area contributed by atoms with Crippen LogP contribution in [0.2, 0.25) is 0 Å². The Kier molecular flexibility index (Phi) is 3.63. The molecule has 0 unspecified atom stereocenters. The monoisotopic (exact) mass is 336 g/mol. The number of rotatable bonds is 2. The molecule has 3 rings (SSSR count). The van der Waals surface area contributed by atoms with Crippen LogP contribution in [0, 0.1) is 0 Å². The summed E-state index contributed by atoms with van der Waals surface area (Å²) in [6.07, 6.45) is -2.11. The molecule has 6 nitrogen and oxygen atoms in total. The van der Waals surface area contributed by atoms with Crippen molar-refractivity contribution in [3.8, 4) is 17.0 Å². The van der Waals surface area contributed by atoms with E-state index in [4.69, 9.17) is 0 Å². The van der Waals surface area contributed by atoms with Crippen LogP contribution in [0.1, 0.15) is 5.56 Å². The van der Waals surface area contributed by atoms with E-state index < -0.39 is 23.2 Å². The summed E-state index contributed by atoms with van der Waals surface area (Å²) >= 11 is 0. The van der Waals surface area contributed by atoms with Gasteiger partial charge in [-0.1, -0.05) is 0 Å². The van der Waals surface area contributed by atoms with Crippen LogP contribution in [0.3, 0.4) is 0 Å². The van der Waals surface area contributed by atoms with Crippen LogP contribution in [0.25, 0.3) is 16.6 Å². The predicted molar refractivity (Wildman–Crippen MR) is 80.9 cm³/mol.